The molecule has 104 valence electrons. The summed E-state index contributed by atoms with van der Waals surface area (Å²) in [6.45, 7) is 2.70. The number of aromatic nitrogens is 3. The van der Waals surface area contributed by atoms with Crippen molar-refractivity contribution in [2.45, 2.75) is 25.9 Å². The van der Waals surface area contributed by atoms with Crippen LogP contribution in [0.15, 0.2) is 36.6 Å². The number of benzene rings is 1. The molecule has 0 spiro atoms. The third-order valence-corrected chi connectivity index (χ3v) is 3.27. The van der Waals surface area contributed by atoms with Crippen LogP contribution in [0.1, 0.15) is 18.7 Å². The van der Waals surface area contributed by atoms with Crippen molar-refractivity contribution in [1.82, 2.24) is 15.2 Å². The molecular weight excluding hydrogens is 252 g/mol. The fourth-order valence-electron chi connectivity index (χ4n) is 2.21. The van der Waals surface area contributed by atoms with Gasteiger partial charge in [-0.15, -0.1) is 0 Å². The van der Waals surface area contributed by atoms with Crippen molar-refractivity contribution in [3.05, 3.63) is 42.4 Å². The predicted molar refractivity (Wildman–Crippen MR) is 78.3 cm³/mol. The molecule has 1 atom stereocenters. The molecule has 0 fully saturated rings. The van der Waals surface area contributed by atoms with Crippen molar-refractivity contribution < 1.29 is 4.74 Å². The highest BCUT2D eigenvalue weighted by Gasteiger charge is 2.11. The van der Waals surface area contributed by atoms with Crippen LogP contribution in [-0.2, 0) is 4.74 Å². The van der Waals surface area contributed by atoms with Crippen molar-refractivity contribution in [2.75, 3.05) is 11.9 Å². The highest BCUT2D eigenvalue weighted by atomic mass is 16.5. The SMILES string of the molecule is Cc1nc(-c2cccc(NCC3CCC=CO3)c2)n[nH]1. The van der Waals surface area contributed by atoms with Gasteiger partial charge in [0.05, 0.1) is 12.8 Å². The molecule has 1 aromatic carbocycles. The number of hydrogen-bond acceptors (Lipinski definition) is 4. The molecule has 0 saturated heterocycles. The number of ether oxygens (including phenoxy) is 1. The molecule has 1 unspecified atom stereocenters. The zero-order chi connectivity index (χ0) is 13.8. The Labute approximate surface area is 118 Å². The zero-order valence-electron chi connectivity index (χ0n) is 11.5. The summed E-state index contributed by atoms with van der Waals surface area (Å²) in [5, 5.41) is 10.4. The number of nitrogens with one attached hydrogen (secondary N) is 2. The fourth-order valence-corrected chi connectivity index (χ4v) is 2.21. The minimum atomic E-state index is 0.245. The summed E-state index contributed by atoms with van der Waals surface area (Å²) in [5.74, 6) is 1.55. The van der Waals surface area contributed by atoms with E-state index in [1.54, 1.807) is 6.26 Å². The largest absolute Gasteiger partial charge is 0.497 e. The van der Waals surface area contributed by atoms with Gasteiger partial charge in [-0.1, -0.05) is 12.1 Å². The lowest BCUT2D eigenvalue weighted by Gasteiger charge is -2.20. The summed E-state index contributed by atoms with van der Waals surface area (Å²) >= 11 is 0. The van der Waals surface area contributed by atoms with Gasteiger partial charge in [-0.05, 0) is 38.0 Å². The number of aromatic amines is 1. The van der Waals surface area contributed by atoms with Gasteiger partial charge in [0.25, 0.3) is 0 Å². The maximum absolute atomic E-state index is 5.55. The summed E-state index contributed by atoms with van der Waals surface area (Å²) in [6.07, 6.45) is 6.24. The smallest absolute Gasteiger partial charge is 0.181 e. The van der Waals surface area contributed by atoms with Crippen molar-refractivity contribution in [2.24, 2.45) is 0 Å². The van der Waals surface area contributed by atoms with E-state index in [0.29, 0.717) is 0 Å². The van der Waals surface area contributed by atoms with E-state index in [1.165, 1.54) is 0 Å². The Kier molecular flexibility index (Phi) is 3.67. The van der Waals surface area contributed by atoms with Gasteiger partial charge in [0.15, 0.2) is 5.82 Å². The second-order valence-electron chi connectivity index (χ2n) is 4.91. The standard InChI is InChI=1S/C15H18N4O/c1-11-17-15(19-18-11)12-5-4-6-13(9-12)16-10-14-7-2-3-8-20-14/h3-6,8-9,14,16H,2,7,10H2,1H3,(H,17,18,19). The first-order valence-corrected chi connectivity index (χ1v) is 6.85. The number of allylic oxidation sites excluding steroid dienone is 1. The van der Waals surface area contributed by atoms with Gasteiger partial charge in [-0.3, -0.25) is 5.10 Å². The summed E-state index contributed by atoms with van der Waals surface area (Å²) in [6, 6.07) is 8.11. The third kappa shape index (κ3) is 2.99. The number of rotatable bonds is 4. The Morgan fingerprint density at radius 1 is 1.45 bits per heavy atom. The number of H-pyrrole nitrogens is 1. The molecule has 2 heterocycles. The van der Waals surface area contributed by atoms with Crippen LogP contribution in [0, 0.1) is 6.92 Å². The Morgan fingerprint density at radius 2 is 2.40 bits per heavy atom. The molecule has 1 aromatic heterocycles. The molecule has 5 heteroatoms. The van der Waals surface area contributed by atoms with Crippen molar-refractivity contribution in [3.63, 3.8) is 0 Å². The summed E-state index contributed by atoms with van der Waals surface area (Å²) in [4.78, 5) is 4.34. The highest BCUT2D eigenvalue weighted by Crippen LogP contribution is 2.20. The molecule has 0 bridgehead atoms. The molecule has 20 heavy (non-hydrogen) atoms. The highest BCUT2D eigenvalue weighted by molar-refractivity contribution is 5.62. The maximum Gasteiger partial charge on any atom is 0.181 e. The monoisotopic (exact) mass is 270 g/mol. The molecule has 1 aliphatic heterocycles. The lowest BCUT2D eigenvalue weighted by Crippen LogP contribution is -2.22. The van der Waals surface area contributed by atoms with Crippen LogP contribution in [0.2, 0.25) is 0 Å². The van der Waals surface area contributed by atoms with Gasteiger partial charge < -0.3 is 10.1 Å². The first kappa shape index (κ1) is 12.7. The quantitative estimate of drug-likeness (QED) is 0.896. The van der Waals surface area contributed by atoms with E-state index in [-0.39, 0.29) is 6.10 Å². The van der Waals surface area contributed by atoms with Crippen LogP contribution >= 0.6 is 0 Å². The van der Waals surface area contributed by atoms with Crippen LogP contribution in [0.25, 0.3) is 11.4 Å². The second kappa shape index (κ2) is 5.77. The molecule has 0 radical (unpaired) electrons. The van der Waals surface area contributed by atoms with Crippen LogP contribution in [0.4, 0.5) is 5.69 Å². The van der Waals surface area contributed by atoms with E-state index < -0.39 is 0 Å². The van der Waals surface area contributed by atoms with Crippen molar-refractivity contribution in [1.29, 1.82) is 0 Å². The molecule has 2 N–H and O–H groups in total. The molecular formula is C15H18N4O. The van der Waals surface area contributed by atoms with E-state index in [9.17, 15) is 0 Å². The Balaban J connectivity index is 1.66. The lowest BCUT2D eigenvalue weighted by atomic mass is 10.1. The number of anilines is 1. The second-order valence-corrected chi connectivity index (χ2v) is 4.91. The molecule has 0 amide bonds. The number of nitrogens with zero attached hydrogens (tertiary/aromatic N) is 2. The molecule has 0 aliphatic carbocycles. The summed E-state index contributed by atoms with van der Waals surface area (Å²) in [7, 11) is 0. The number of hydrogen-bond donors (Lipinski definition) is 2. The normalized spacial score (nSPS) is 17.8. The maximum atomic E-state index is 5.55. The van der Waals surface area contributed by atoms with E-state index in [0.717, 1.165) is 42.3 Å². The zero-order valence-corrected chi connectivity index (χ0v) is 11.5. The first-order chi connectivity index (χ1) is 9.81. The average Bonchev–Trinajstić information content (AvgIpc) is 2.93. The van der Waals surface area contributed by atoms with Crippen LogP contribution in [0.5, 0.6) is 0 Å². The fraction of sp³-hybridized carbons (Fsp3) is 0.333. The third-order valence-electron chi connectivity index (χ3n) is 3.27. The Bertz CT molecular complexity index is 605. The minimum absolute atomic E-state index is 0.245. The van der Waals surface area contributed by atoms with Crippen LogP contribution < -0.4 is 5.32 Å². The van der Waals surface area contributed by atoms with Gasteiger partial charge >= 0.3 is 0 Å². The van der Waals surface area contributed by atoms with E-state index in [4.69, 9.17) is 4.74 Å². The van der Waals surface area contributed by atoms with Gasteiger partial charge in [0, 0.05) is 11.3 Å². The van der Waals surface area contributed by atoms with Crippen LogP contribution in [-0.4, -0.2) is 27.8 Å². The summed E-state index contributed by atoms with van der Waals surface area (Å²) in [5.41, 5.74) is 2.06. The average molecular weight is 270 g/mol. The van der Waals surface area contributed by atoms with Gasteiger partial charge in [-0.2, -0.15) is 5.10 Å². The van der Waals surface area contributed by atoms with Crippen molar-refractivity contribution in [3.8, 4) is 11.4 Å². The van der Waals surface area contributed by atoms with E-state index in [2.05, 4.69) is 32.6 Å². The van der Waals surface area contributed by atoms with E-state index >= 15 is 0 Å². The predicted octanol–water partition coefficient (Wildman–Crippen LogP) is 2.88. The van der Waals surface area contributed by atoms with E-state index in [1.807, 2.05) is 25.1 Å². The molecule has 3 rings (SSSR count). The molecule has 5 nitrogen and oxygen atoms in total. The van der Waals surface area contributed by atoms with Gasteiger partial charge in [0.1, 0.15) is 11.9 Å². The molecule has 2 aromatic rings. The first-order valence-electron chi connectivity index (χ1n) is 6.85. The minimum Gasteiger partial charge on any atom is -0.497 e. The van der Waals surface area contributed by atoms with Gasteiger partial charge in [-0.25, -0.2) is 4.98 Å². The topological polar surface area (TPSA) is 62.8 Å². The molecule has 1 aliphatic rings. The number of aryl methyl sites for hydroxylation is 1. The van der Waals surface area contributed by atoms with Crippen molar-refractivity contribution >= 4 is 5.69 Å². The Morgan fingerprint density at radius 3 is 3.15 bits per heavy atom. The Hall–Kier alpha value is -2.30. The van der Waals surface area contributed by atoms with Crippen LogP contribution in [0.3, 0.4) is 0 Å². The summed E-state index contributed by atoms with van der Waals surface area (Å²) < 4.78 is 5.55. The molecule has 0 saturated carbocycles. The van der Waals surface area contributed by atoms with Gasteiger partial charge in [0.2, 0.25) is 0 Å². The lowest BCUT2D eigenvalue weighted by molar-refractivity contribution is 0.135.